The van der Waals surface area contributed by atoms with Crippen molar-refractivity contribution in [3.8, 4) is 0 Å². The van der Waals surface area contributed by atoms with Gasteiger partial charge in [0.25, 0.3) is 0 Å². The van der Waals surface area contributed by atoms with E-state index in [4.69, 9.17) is 0 Å². The second kappa shape index (κ2) is 6.16. The maximum Gasteiger partial charge on any atom is 0.0758 e. The first-order chi connectivity index (χ1) is 8.22. The first kappa shape index (κ1) is 13.3. The number of hydrogen-bond acceptors (Lipinski definition) is 3. The van der Waals surface area contributed by atoms with E-state index in [1.165, 1.54) is 32.5 Å². The van der Waals surface area contributed by atoms with E-state index in [9.17, 15) is 4.21 Å². The summed E-state index contributed by atoms with van der Waals surface area (Å²) < 4.78 is 16.5. The summed E-state index contributed by atoms with van der Waals surface area (Å²) in [6.45, 7) is 8.47. The molecule has 2 aliphatic heterocycles. The van der Waals surface area contributed by atoms with Crippen molar-refractivity contribution in [3.63, 3.8) is 0 Å². The Morgan fingerprint density at radius 3 is 2.53 bits per heavy atom. The Morgan fingerprint density at radius 1 is 1.29 bits per heavy atom. The van der Waals surface area contributed by atoms with Crippen LogP contribution in [0.5, 0.6) is 0 Å². The zero-order chi connectivity index (χ0) is 12.1. The lowest BCUT2D eigenvalue weighted by Crippen LogP contribution is -2.86. The highest BCUT2D eigenvalue weighted by molar-refractivity contribution is 7.93. The maximum absolute atomic E-state index is 12.2. The Bertz CT molecular complexity index is 330. The minimum absolute atomic E-state index is 0.706. The Kier molecular flexibility index (Phi) is 4.82. The van der Waals surface area contributed by atoms with Crippen LogP contribution in [0.25, 0.3) is 0 Å². The molecule has 100 valence electrons. The highest BCUT2D eigenvalue weighted by Crippen LogP contribution is 2.14. The van der Waals surface area contributed by atoms with Crippen LogP contribution in [0.3, 0.4) is 0 Å². The highest BCUT2D eigenvalue weighted by Gasteiger charge is 2.24. The highest BCUT2D eigenvalue weighted by atomic mass is 32.2. The molecule has 2 rings (SSSR count). The predicted molar refractivity (Wildman–Crippen MR) is 71.7 cm³/mol. The molecule has 0 aromatic rings. The third kappa shape index (κ3) is 3.93. The van der Waals surface area contributed by atoms with E-state index in [-0.39, 0.29) is 0 Å². The van der Waals surface area contributed by atoms with E-state index >= 15 is 0 Å². The zero-order valence-electron chi connectivity index (χ0n) is 10.9. The maximum atomic E-state index is 12.2. The van der Waals surface area contributed by atoms with Crippen LogP contribution < -0.4 is 5.32 Å². The van der Waals surface area contributed by atoms with Crippen molar-refractivity contribution in [2.24, 2.45) is 10.3 Å². The topological polar surface area (TPSA) is 49.3 Å². The second-order valence-electron chi connectivity index (χ2n) is 5.24. The molecular formula is C12H26N3OS+. The van der Waals surface area contributed by atoms with Crippen molar-refractivity contribution in [1.29, 1.82) is 0 Å². The normalized spacial score (nSPS) is 26.9. The van der Waals surface area contributed by atoms with Crippen LogP contribution in [0.1, 0.15) is 19.8 Å². The molecule has 0 aliphatic carbocycles. The van der Waals surface area contributed by atoms with Crippen LogP contribution in [-0.2, 0) is 9.73 Å². The van der Waals surface area contributed by atoms with Gasteiger partial charge in [-0.05, 0) is 12.8 Å². The Morgan fingerprint density at radius 2 is 1.94 bits per heavy atom. The fourth-order valence-corrected chi connectivity index (χ4v) is 4.87. The van der Waals surface area contributed by atoms with Gasteiger partial charge in [0.1, 0.15) is 0 Å². The molecule has 2 N–H and O–H groups in total. The fraction of sp³-hybridized carbons (Fsp3) is 1.00. The average molecular weight is 260 g/mol. The molecule has 2 saturated heterocycles. The molecule has 0 aromatic heterocycles. The molecule has 0 atom stereocenters. The molecule has 4 nitrogen and oxygen atoms in total. The van der Waals surface area contributed by atoms with Crippen LogP contribution in [0.4, 0.5) is 0 Å². The summed E-state index contributed by atoms with van der Waals surface area (Å²) in [5.74, 6) is 2.46. The Labute approximate surface area is 105 Å². The van der Waals surface area contributed by atoms with Crippen molar-refractivity contribution < 1.29 is 9.53 Å². The molecule has 2 heterocycles. The molecule has 0 unspecified atom stereocenters. The van der Waals surface area contributed by atoms with Gasteiger partial charge < -0.3 is 10.2 Å². The average Bonchev–Trinajstić information content (AvgIpc) is 2.34. The molecule has 2 fully saturated rings. The summed E-state index contributed by atoms with van der Waals surface area (Å²) in [5, 5.41) is 2.42. The first-order valence-electron chi connectivity index (χ1n) is 6.94. The van der Waals surface area contributed by atoms with Crippen molar-refractivity contribution in [2.75, 3.05) is 50.8 Å². The molecule has 0 bridgehead atoms. The van der Waals surface area contributed by atoms with E-state index in [0.29, 0.717) is 6.54 Å². The van der Waals surface area contributed by atoms with E-state index in [2.05, 4.69) is 14.6 Å². The standard InChI is InChI=1S/C12H25N3OS/c1-2-14-17(16)9-7-15(8-10-17)11-12-3-5-13-6-4-12/h12-13H,2-11H2,1H3/p+1. The fourth-order valence-electron chi connectivity index (χ4n) is 2.85. The third-order valence-corrected chi connectivity index (χ3v) is 6.26. The number of piperidine rings is 1. The van der Waals surface area contributed by atoms with Crippen LogP contribution in [0.2, 0.25) is 0 Å². The predicted octanol–water partition coefficient (Wildman–Crippen LogP) is -0.237. The molecule has 5 heteroatoms. The van der Waals surface area contributed by atoms with Crippen molar-refractivity contribution in [1.82, 2.24) is 4.90 Å². The van der Waals surface area contributed by atoms with Gasteiger partial charge in [-0.2, -0.15) is 0 Å². The van der Waals surface area contributed by atoms with Gasteiger partial charge >= 0.3 is 0 Å². The van der Waals surface area contributed by atoms with E-state index in [1.54, 1.807) is 0 Å². The quantitative estimate of drug-likeness (QED) is 0.762. The summed E-state index contributed by atoms with van der Waals surface area (Å²) in [5.41, 5.74) is 0. The summed E-state index contributed by atoms with van der Waals surface area (Å²) in [7, 11) is -1.84. The van der Waals surface area contributed by atoms with E-state index in [0.717, 1.165) is 30.5 Å². The minimum Gasteiger partial charge on any atom is -0.346 e. The van der Waals surface area contributed by atoms with Crippen LogP contribution in [0, 0.1) is 5.92 Å². The molecule has 0 radical (unpaired) electrons. The van der Waals surface area contributed by atoms with Crippen molar-refractivity contribution >= 4 is 9.73 Å². The summed E-state index contributed by atoms with van der Waals surface area (Å²) in [4.78, 5) is 2.50. The third-order valence-electron chi connectivity index (χ3n) is 3.89. The molecule has 2 aliphatic rings. The van der Waals surface area contributed by atoms with Gasteiger partial charge in [0.15, 0.2) is 0 Å². The molecule has 0 aromatic carbocycles. The number of rotatable bonds is 3. The Balaban J connectivity index is 1.79. The van der Waals surface area contributed by atoms with Gasteiger partial charge in [-0.25, -0.2) is 8.57 Å². The van der Waals surface area contributed by atoms with Crippen LogP contribution in [0.15, 0.2) is 4.36 Å². The van der Waals surface area contributed by atoms with Gasteiger partial charge in [0, 0.05) is 60.3 Å². The number of hydrogen-bond donors (Lipinski definition) is 1. The van der Waals surface area contributed by atoms with E-state index < -0.39 is 9.73 Å². The molecular weight excluding hydrogens is 234 g/mol. The summed E-state index contributed by atoms with van der Waals surface area (Å²) >= 11 is 0. The lowest BCUT2D eigenvalue weighted by Gasteiger charge is -2.32. The number of quaternary nitrogens is 1. The molecule has 17 heavy (non-hydrogen) atoms. The zero-order valence-corrected chi connectivity index (χ0v) is 11.8. The van der Waals surface area contributed by atoms with E-state index in [1.807, 2.05) is 6.92 Å². The Hall–Kier alpha value is -0.130. The molecule has 0 saturated carbocycles. The lowest BCUT2D eigenvalue weighted by molar-refractivity contribution is -0.664. The lowest BCUT2D eigenvalue weighted by atomic mass is 9.97. The van der Waals surface area contributed by atoms with Gasteiger partial charge in [-0.15, -0.1) is 0 Å². The van der Waals surface area contributed by atoms with Crippen LogP contribution >= 0.6 is 0 Å². The van der Waals surface area contributed by atoms with Gasteiger partial charge in [-0.1, -0.05) is 0 Å². The summed E-state index contributed by atoms with van der Waals surface area (Å²) in [6.07, 6.45) is 2.70. The molecule has 0 amide bonds. The first-order valence-corrected chi connectivity index (χ1v) is 8.79. The minimum atomic E-state index is -1.84. The summed E-state index contributed by atoms with van der Waals surface area (Å²) in [6, 6.07) is 0. The SMILES string of the molecule is CCN=S1(=O)CCN(CC2CC[NH2+]CC2)CC1. The van der Waals surface area contributed by atoms with Crippen molar-refractivity contribution in [2.45, 2.75) is 19.8 Å². The number of nitrogens with two attached hydrogens (primary N) is 1. The largest absolute Gasteiger partial charge is 0.346 e. The van der Waals surface area contributed by atoms with Gasteiger partial charge in [0.2, 0.25) is 0 Å². The smallest absolute Gasteiger partial charge is 0.0758 e. The monoisotopic (exact) mass is 260 g/mol. The van der Waals surface area contributed by atoms with Gasteiger partial charge in [0.05, 0.1) is 13.1 Å². The molecule has 0 spiro atoms. The second-order valence-corrected chi connectivity index (χ2v) is 7.86. The van der Waals surface area contributed by atoms with Crippen LogP contribution in [-0.4, -0.2) is 59.9 Å². The number of nitrogens with zero attached hydrogens (tertiary/aromatic N) is 2. The van der Waals surface area contributed by atoms with Gasteiger partial charge in [-0.3, -0.25) is 0 Å². The van der Waals surface area contributed by atoms with Crippen molar-refractivity contribution in [3.05, 3.63) is 0 Å².